The molecule has 2 heterocycles. The van der Waals surface area contributed by atoms with Crippen LogP contribution >= 0.6 is 0 Å². The average Bonchev–Trinajstić information content (AvgIpc) is 3.18. The van der Waals surface area contributed by atoms with Crippen molar-refractivity contribution in [2.24, 2.45) is 5.73 Å². The second kappa shape index (κ2) is 12.3. The summed E-state index contributed by atoms with van der Waals surface area (Å²) in [7, 11) is 0. The van der Waals surface area contributed by atoms with E-state index in [4.69, 9.17) is 21.9 Å². The highest BCUT2D eigenvalue weighted by Gasteiger charge is 2.20. The first-order chi connectivity index (χ1) is 16.8. The number of aromatic nitrogens is 3. The molecule has 0 aliphatic heterocycles. The Morgan fingerprint density at radius 2 is 1.97 bits per heavy atom. The van der Waals surface area contributed by atoms with E-state index in [-0.39, 0.29) is 11.9 Å². The number of aryl methyl sites for hydroxylation is 1. The third-order valence-electron chi connectivity index (χ3n) is 5.82. The maximum Gasteiger partial charge on any atom is 0.237 e. The number of pyridine rings is 1. The number of carbonyl (C=O) groups excluding carboxylic acids is 1. The van der Waals surface area contributed by atoms with Crippen LogP contribution in [0.15, 0.2) is 24.3 Å². The number of nitrogens with two attached hydrogens (primary N) is 2. The molecule has 1 amide bonds. The molecule has 3 rings (SSSR count). The number of imidazole rings is 1. The van der Waals surface area contributed by atoms with E-state index in [1.807, 2.05) is 24.3 Å². The van der Waals surface area contributed by atoms with Crippen molar-refractivity contribution in [3.05, 3.63) is 30.1 Å². The zero-order chi connectivity index (χ0) is 25.4. The molecule has 0 aliphatic carbocycles. The maximum absolute atomic E-state index is 12.9. The number of nitrogens with one attached hydrogen (secondary N) is 4. The number of nitrogens with zero attached hydrogens (tertiary/aromatic N) is 3. The molecule has 2 aromatic heterocycles. The van der Waals surface area contributed by atoms with Crippen molar-refractivity contribution in [2.75, 3.05) is 18.8 Å². The lowest BCUT2D eigenvalue weighted by Gasteiger charge is -2.20. The molecule has 0 fully saturated rings. The number of carbonyl (C=O) groups is 1. The van der Waals surface area contributed by atoms with Crippen LogP contribution in [0.2, 0.25) is 0 Å². The van der Waals surface area contributed by atoms with Gasteiger partial charge in [0.25, 0.3) is 0 Å². The quantitative estimate of drug-likeness (QED) is 0.0819. The van der Waals surface area contributed by atoms with Gasteiger partial charge in [-0.3, -0.25) is 15.5 Å². The lowest BCUT2D eigenvalue weighted by atomic mass is 10.1. The van der Waals surface area contributed by atoms with Gasteiger partial charge in [0.15, 0.2) is 11.8 Å². The van der Waals surface area contributed by atoms with E-state index in [1.165, 1.54) is 0 Å². The van der Waals surface area contributed by atoms with Crippen LogP contribution in [0, 0.1) is 5.41 Å². The van der Waals surface area contributed by atoms with Gasteiger partial charge in [-0.05, 0) is 32.3 Å². The number of unbranched alkanes of at least 4 members (excludes halogenated alkanes) is 1. The van der Waals surface area contributed by atoms with Crippen molar-refractivity contribution in [2.45, 2.75) is 64.8 Å². The molecule has 11 heteroatoms. The van der Waals surface area contributed by atoms with Gasteiger partial charge in [-0.25, -0.2) is 9.97 Å². The van der Waals surface area contributed by atoms with Crippen LogP contribution in [0.3, 0.4) is 0 Å². The summed E-state index contributed by atoms with van der Waals surface area (Å²) in [4.78, 5) is 22.2. The van der Waals surface area contributed by atoms with E-state index < -0.39 is 12.3 Å². The third-order valence-corrected chi connectivity index (χ3v) is 5.82. The van der Waals surface area contributed by atoms with Crippen molar-refractivity contribution in [1.29, 1.82) is 5.41 Å². The van der Waals surface area contributed by atoms with Crippen LogP contribution in [0.25, 0.3) is 21.9 Å². The summed E-state index contributed by atoms with van der Waals surface area (Å²) < 4.78 is 2.14. The Hall–Kier alpha value is -3.44. The van der Waals surface area contributed by atoms with Gasteiger partial charge in [0.1, 0.15) is 17.6 Å². The van der Waals surface area contributed by atoms with Crippen molar-refractivity contribution in [3.8, 4) is 0 Å². The SMILES string of the molecule is CCCCc1nc2c(N)nc3ccccc3c2n1CCNC(=O)[C@H](CCCNC(=N)N)NC(C)O. The predicted octanol–water partition coefficient (Wildman–Crippen LogP) is 1.19. The normalized spacial score (nSPS) is 13.1. The molecular formula is C24H37N9O2. The van der Waals surface area contributed by atoms with Crippen LogP contribution in [0.4, 0.5) is 5.82 Å². The lowest BCUT2D eigenvalue weighted by Crippen LogP contribution is -2.48. The summed E-state index contributed by atoms with van der Waals surface area (Å²) in [6.45, 7) is 5.12. The standard InChI is InChI=1S/C24H37N9O2/c1-3-4-11-19-32-20-21(16-8-5-6-9-17(16)31-22(20)25)33(19)14-13-28-23(35)18(30-15(2)34)10-7-12-29-24(26)27/h5-6,8-9,15,18,30,34H,3-4,7,10-14H2,1-2H3,(H2,25,31)(H,28,35)(H4,26,27,29)/t15?,18-/m0/s1. The molecule has 0 spiro atoms. The van der Waals surface area contributed by atoms with E-state index in [2.05, 4.69) is 32.4 Å². The van der Waals surface area contributed by atoms with E-state index in [0.717, 1.165) is 41.5 Å². The number of rotatable bonds is 13. The van der Waals surface area contributed by atoms with Gasteiger partial charge in [-0.1, -0.05) is 31.5 Å². The Balaban J connectivity index is 1.77. The maximum atomic E-state index is 12.9. The fraction of sp³-hybridized carbons (Fsp3) is 0.500. The molecule has 0 aliphatic rings. The fourth-order valence-corrected chi connectivity index (χ4v) is 4.20. The molecule has 1 unspecified atom stereocenters. The minimum absolute atomic E-state index is 0.107. The molecule has 35 heavy (non-hydrogen) atoms. The number of benzene rings is 1. The number of aliphatic hydroxyl groups excluding tert-OH is 1. The van der Waals surface area contributed by atoms with Gasteiger partial charge >= 0.3 is 0 Å². The van der Waals surface area contributed by atoms with Crippen LogP contribution in [-0.4, -0.2) is 56.9 Å². The third kappa shape index (κ3) is 6.80. The Bertz CT molecular complexity index is 1160. The first-order valence-electron chi connectivity index (χ1n) is 12.1. The predicted molar refractivity (Wildman–Crippen MR) is 139 cm³/mol. The molecule has 3 aromatic rings. The zero-order valence-corrected chi connectivity index (χ0v) is 20.5. The molecule has 0 saturated heterocycles. The Labute approximate surface area is 205 Å². The summed E-state index contributed by atoms with van der Waals surface area (Å²) in [6.07, 6.45) is 3.12. The number of anilines is 1. The highest BCUT2D eigenvalue weighted by Crippen LogP contribution is 2.29. The Morgan fingerprint density at radius 3 is 2.69 bits per heavy atom. The van der Waals surface area contributed by atoms with Gasteiger partial charge in [0, 0.05) is 31.4 Å². The van der Waals surface area contributed by atoms with Gasteiger partial charge in [0.2, 0.25) is 5.91 Å². The molecule has 1 aromatic carbocycles. The molecule has 0 saturated carbocycles. The van der Waals surface area contributed by atoms with Crippen molar-refractivity contribution < 1.29 is 9.90 Å². The van der Waals surface area contributed by atoms with Gasteiger partial charge in [-0.2, -0.15) is 0 Å². The molecule has 9 N–H and O–H groups in total. The number of amides is 1. The number of hydrogen-bond donors (Lipinski definition) is 7. The molecule has 2 atom stereocenters. The molecule has 11 nitrogen and oxygen atoms in total. The summed E-state index contributed by atoms with van der Waals surface area (Å²) in [5.41, 5.74) is 14.0. The summed E-state index contributed by atoms with van der Waals surface area (Å²) in [6, 6.07) is 7.28. The zero-order valence-electron chi connectivity index (χ0n) is 20.5. The number of aliphatic hydroxyl groups is 1. The van der Waals surface area contributed by atoms with Crippen molar-refractivity contribution in [1.82, 2.24) is 30.5 Å². The fourth-order valence-electron chi connectivity index (χ4n) is 4.20. The van der Waals surface area contributed by atoms with Crippen LogP contribution in [-0.2, 0) is 17.8 Å². The molecular weight excluding hydrogens is 446 g/mol. The second-order valence-corrected chi connectivity index (χ2v) is 8.66. The minimum Gasteiger partial charge on any atom is -0.382 e. The number of para-hydroxylation sites is 1. The summed E-state index contributed by atoms with van der Waals surface area (Å²) in [5, 5.41) is 26.6. The molecule has 0 radical (unpaired) electrons. The topological polar surface area (TPSA) is 180 Å². The smallest absolute Gasteiger partial charge is 0.237 e. The molecule has 190 valence electrons. The van der Waals surface area contributed by atoms with Gasteiger partial charge < -0.3 is 31.8 Å². The van der Waals surface area contributed by atoms with Crippen LogP contribution < -0.4 is 27.4 Å². The van der Waals surface area contributed by atoms with Crippen LogP contribution in [0.5, 0.6) is 0 Å². The summed E-state index contributed by atoms with van der Waals surface area (Å²) in [5.74, 6) is 1.03. The van der Waals surface area contributed by atoms with Crippen molar-refractivity contribution in [3.63, 3.8) is 0 Å². The lowest BCUT2D eigenvalue weighted by molar-refractivity contribution is -0.124. The first-order valence-corrected chi connectivity index (χ1v) is 12.1. The summed E-state index contributed by atoms with van der Waals surface area (Å²) >= 11 is 0. The minimum atomic E-state index is -0.827. The monoisotopic (exact) mass is 483 g/mol. The van der Waals surface area contributed by atoms with Gasteiger partial charge in [0.05, 0.1) is 17.1 Å². The largest absolute Gasteiger partial charge is 0.382 e. The van der Waals surface area contributed by atoms with E-state index in [0.29, 0.717) is 43.8 Å². The van der Waals surface area contributed by atoms with Crippen molar-refractivity contribution >= 4 is 39.6 Å². The molecule has 0 bridgehead atoms. The van der Waals surface area contributed by atoms with Crippen LogP contribution in [0.1, 0.15) is 45.4 Å². The Morgan fingerprint density at radius 1 is 1.20 bits per heavy atom. The van der Waals surface area contributed by atoms with E-state index >= 15 is 0 Å². The second-order valence-electron chi connectivity index (χ2n) is 8.66. The highest BCUT2D eigenvalue weighted by atomic mass is 16.3. The number of nitrogen functional groups attached to an aromatic ring is 1. The highest BCUT2D eigenvalue weighted by molar-refractivity contribution is 6.06. The number of fused-ring (bicyclic) bond motifs is 3. The van der Waals surface area contributed by atoms with Gasteiger partial charge in [-0.15, -0.1) is 0 Å². The average molecular weight is 484 g/mol. The number of guanidine groups is 1. The number of hydrogen-bond acceptors (Lipinski definition) is 7. The first kappa shape index (κ1) is 26.2. The van der Waals surface area contributed by atoms with E-state index in [1.54, 1.807) is 6.92 Å². The van der Waals surface area contributed by atoms with E-state index in [9.17, 15) is 9.90 Å². The Kier molecular flexibility index (Phi) is 9.21.